The second-order valence-corrected chi connectivity index (χ2v) is 11.7. The quantitative estimate of drug-likeness (QED) is 0.355. The molecule has 10 heteroatoms. The molecule has 224 valence electrons. The normalized spacial score (nSPS) is 20.5. The summed E-state index contributed by atoms with van der Waals surface area (Å²) in [5.41, 5.74) is 4.84. The van der Waals surface area contributed by atoms with Crippen molar-refractivity contribution in [3.05, 3.63) is 76.7 Å². The van der Waals surface area contributed by atoms with E-state index < -0.39 is 42.3 Å². The Morgan fingerprint density at radius 3 is 2.81 bits per heavy atom. The monoisotopic (exact) mass is 587 g/mol. The molecule has 0 unspecified atom stereocenters. The Hall–Kier alpha value is -4.34. The zero-order valence-corrected chi connectivity index (χ0v) is 24.0. The number of aromatic nitrogens is 1. The summed E-state index contributed by atoms with van der Waals surface area (Å²) in [6.07, 6.45) is 7.36. The number of hydrogen-bond acceptors (Lipinski definition) is 5. The maximum atomic E-state index is 14.6. The molecule has 2 aromatic carbocycles. The van der Waals surface area contributed by atoms with Crippen molar-refractivity contribution in [1.29, 1.82) is 0 Å². The molecule has 3 atom stereocenters. The van der Waals surface area contributed by atoms with E-state index in [4.69, 9.17) is 0 Å². The summed E-state index contributed by atoms with van der Waals surface area (Å²) in [7, 11) is 0. The van der Waals surface area contributed by atoms with Gasteiger partial charge >= 0.3 is 0 Å². The third-order valence-corrected chi connectivity index (χ3v) is 8.40. The molecular formula is C33H35F2N5O3. The highest BCUT2D eigenvalue weighted by molar-refractivity contribution is 5.97. The molecule has 3 aliphatic rings. The van der Waals surface area contributed by atoms with Crippen molar-refractivity contribution in [2.24, 2.45) is 5.92 Å². The number of aryl methyl sites for hydroxylation is 1. The molecule has 3 N–H and O–H groups in total. The summed E-state index contributed by atoms with van der Waals surface area (Å²) in [5, 5.41) is 9.53. The van der Waals surface area contributed by atoms with Crippen molar-refractivity contribution in [2.45, 2.75) is 57.3 Å². The molecule has 3 heterocycles. The number of nitrogens with one attached hydrogen (secondary N) is 3. The highest BCUT2D eigenvalue weighted by Gasteiger charge is 2.40. The molecule has 2 fully saturated rings. The molecular weight excluding hydrogens is 552 g/mol. The third kappa shape index (κ3) is 6.53. The highest BCUT2D eigenvalue weighted by atomic mass is 19.1. The van der Waals surface area contributed by atoms with Crippen LogP contribution in [-0.4, -0.2) is 59.5 Å². The van der Waals surface area contributed by atoms with Gasteiger partial charge in [-0.05, 0) is 91.6 Å². The SMILES string of the molecule is C[C@H](NC(=O)[C@@H]1C[C@@H](F)CN1C(=O)CNC(=O)c1ccc2cc(F)ccc2n1)c1cc2c(cc1/C=C/C1CC1)CCCN2. The van der Waals surface area contributed by atoms with Gasteiger partial charge in [-0.1, -0.05) is 18.2 Å². The van der Waals surface area contributed by atoms with Gasteiger partial charge in [0.2, 0.25) is 11.8 Å². The third-order valence-electron chi connectivity index (χ3n) is 8.40. The molecule has 3 aromatic rings. The number of amides is 3. The zero-order valence-electron chi connectivity index (χ0n) is 24.0. The largest absolute Gasteiger partial charge is 0.385 e. The molecule has 43 heavy (non-hydrogen) atoms. The average Bonchev–Trinajstić information content (AvgIpc) is 3.76. The Kier molecular flexibility index (Phi) is 8.10. The number of fused-ring (bicyclic) bond motifs is 2. The summed E-state index contributed by atoms with van der Waals surface area (Å²) in [6.45, 7) is 2.16. The van der Waals surface area contributed by atoms with E-state index in [2.05, 4.69) is 45.2 Å². The lowest BCUT2D eigenvalue weighted by atomic mass is 9.93. The van der Waals surface area contributed by atoms with Crippen LogP contribution in [0.3, 0.4) is 0 Å². The van der Waals surface area contributed by atoms with Crippen LogP contribution in [0.25, 0.3) is 17.0 Å². The van der Waals surface area contributed by atoms with Crippen LogP contribution in [0.1, 0.15) is 65.8 Å². The molecule has 1 aliphatic carbocycles. The van der Waals surface area contributed by atoms with E-state index in [0.29, 0.717) is 16.8 Å². The number of benzene rings is 2. The van der Waals surface area contributed by atoms with E-state index in [9.17, 15) is 23.2 Å². The van der Waals surface area contributed by atoms with Crippen LogP contribution in [-0.2, 0) is 16.0 Å². The molecule has 0 bridgehead atoms. The van der Waals surface area contributed by atoms with E-state index in [1.54, 1.807) is 6.07 Å². The standard InChI is InChI=1S/C33H35F2N5O3/c1-19(26-16-29-22(3-2-12-36-29)13-21(26)7-6-20-4-5-20)38-33(43)30-15-25(35)18-40(30)31(41)17-37-32(42)28-10-8-23-14-24(34)9-11-27(23)39-28/h6-11,13-14,16,19-20,25,30,36H,2-5,12,15,17-18H2,1H3,(H,37,42)(H,38,43)/b7-6+/t19-,25+,30-/m0/s1. The number of rotatable bonds is 8. The molecule has 2 aliphatic heterocycles. The summed E-state index contributed by atoms with van der Waals surface area (Å²) in [6, 6.07) is 9.97. The van der Waals surface area contributed by atoms with Crippen molar-refractivity contribution >= 4 is 40.4 Å². The van der Waals surface area contributed by atoms with Gasteiger partial charge in [0.1, 0.15) is 23.7 Å². The number of halogens is 2. The Balaban J connectivity index is 1.12. The van der Waals surface area contributed by atoms with Crippen molar-refractivity contribution in [2.75, 3.05) is 25.0 Å². The number of likely N-dealkylation sites (tertiary alicyclic amines) is 1. The first kappa shape index (κ1) is 28.8. The van der Waals surface area contributed by atoms with Gasteiger partial charge in [-0.3, -0.25) is 14.4 Å². The number of pyridine rings is 1. The van der Waals surface area contributed by atoms with Crippen LogP contribution in [0.2, 0.25) is 0 Å². The molecule has 0 radical (unpaired) electrons. The van der Waals surface area contributed by atoms with Crippen LogP contribution in [0.5, 0.6) is 0 Å². The van der Waals surface area contributed by atoms with E-state index in [1.165, 1.54) is 47.6 Å². The van der Waals surface area contributed by atoms with Gasteiger partial charge in [-0.15, -0.1) is 0 Å². The summed E-state index contributed by atoms with van der Waals surface area (Å²) in [4.78, 5) is 44.7. The van der Waals surface area contributed by atoms with E-state index in [0.717, 1.165) is 36.2 Å². The Bertz CT molecular complexity index is 1600. The Labute approximate surface area is 248 Å². The Morgan fingerprint density at radius 1 is 1.16 bits per heavy atom. The predicted molar refractivity (Wildman–Crippen MR) is 161 cm³/mol. The predicted octanol–water partition coefficient (Wildman–Crippen LogP) is 4.70. The van der Waals surface area contributed by atoms with Crippen LogP contribution in [0, 0.1) is 11.7 Å². The number of nitrogens with zero attached hydrogens (tertiary/aromatic N) is 2. The molecule has 1 aromatic heterocycles. The van der Waals surface area contributed by atoms with Gasteiger partial charge in [0.15, 0.2) is 0 Å². The van der Waals surface area contributed by atoms with E-state index in [1.807, 2.05) is 6.92 Å². The van der Waals surface area contributed by atoms with Crippen LogP contribution >= 0.6 is 0 Å². The van der Waals surface area contributed by atoms with Crippen molar-refractivity contribution in [3.8, 4) is 0 Å². The Morgan fingerprint density at radius 2 is 2.00 bits per heavy atom. The average molecular weight is 588 g/mol. The highest BCUT2D eigenvalue weighted by Crippen LogP contribution is 2.34. The number of carbonyl (C=O) groups is 3. The van der Waals surface area contributed by atoms with Gasteiger partial charge in [0.25, 0.3) is 5.91 Å². The summed E-state index contributed by atoms with van der Waals surface area (Å²) in [5.74, 6) is -1.40. The maximum absolute atomic E-state index is 14.6. The number of hydrogen-bond donors (Lipinski definition) is 3. The number of carbonyl (C=O) groups excluding carboxylic acids is 3. The van der Waals surface area contributed by atoms with Crippen molar-refractivity contribution < 1.29 is 23.2 Å². The maximum Gasteiger partial charge on any atom is 0.270 e. The molecule has 3 amide bonds. The number of alkyl halides is 1. The van der Waals surface area contributed by atoms with E-state index in [-0.39, 0.29) is 24.7 Å². The summed E-state index contributed by atoms with van der Waals surface area (Å²) < 4.78 is 28.0. The van der Waals surface area contributed by atoms with Gasteiger partial charge in [0, 0.05) is 24.0 Å². The van der Waals surface area contributed by atoms with Crippen molar-refractivity contribution in [1.82, 2.24) is 20.5 Å². The second kappa shape index (κ2) is 12.1. The van der Waals surface area contributed by atoms with Crippen LogP contribution in [0.4, 0.5) is 14.5 Å². The van der Waals surface area contributed by atoms with Crippen molar-refractivity contribution in [3.63, 3.8) is 0 Å². The minimum absolute atomic E-state index is 0.0610. The van der Waals surface area contributed by atoms with E-state index >= 15 is 0 Å². The lowest BCUT2D eigenvalue weighted by Crippen LogP contribution is -2.49. The first-order valence-corrected chi connectivity index (χ1v) is 14.9. The lowest BCUT2D eigenvalue weighted by Gasteiger charge is -2.27. The van der Waals surface area contributed by atoms with Crippen LogP contribution < -0.4 is 16.0 Å². The lowest BCUT2D eigenvalue weighted by molar-refractivity contribution is -0.138. The molecule has 8 nitrogen and oxygen atoms in total. The molecule has 1 saturated carbocycles. The molecule has 0 spiro atoms. The molecule has 6 rings (SSSR count). The van der Waals surface area contributed by atoms with Crippen LogP contribution in [0.15, 0.2) is 48.5 Å². The fourth-order valence-corrected chi connectivity index (χ4v) is 5.87. The fraction of sp³-hybridized carbons (Fsp3) is 0.394. The van der Waals surface area contributed by atoms with Gasteiger partial charge in [-0.2, -0.15) is 0 Å². The fourth-order valence-electron chi connectivity index (χ4n) is 5.87. The van der Waals surface area contributed by atoms with Gasteiger partial charge in [-0.25, -0.2) is 13.8 Å². The second-order valence-electron chi connectivity index (χ2n) is 11.7. The first-order chi connectivity index (χ1) is 20.7. The van der Waals surface area contributed by atoms with Gasteiger partial charge < -0.3 is 20.9 Å². The minimum Gasteiger partial charge on any atom is -0.385 e. The zero-order chi connectivity index (χ0) is 30.1. The first-order valence-electron chi connectivity index (χ1n) is 14.9. The number of anilines is 1. The van der Waals surface area contributed by atoms with Gasteiger partial charge in [0.05, 0.1) is 24.6 Å². The minimum atomic E-state index is -1.35. The summed E-state index contributed by atoms with van der Waals surface area (Å²) >= 11 is 0. The smallest absolute Gasteiger partial charge is 0.270 e. The molecule has 1 saturated heterocycles. The number of allylic oxidation sites excluding steroid dienone is 1. The topological polar surface area (TPSA) is 103 Å².